The van der Waals surface area contributed by atoms with Crippen molar-refractivity contribution in [1.29, 1.82) is 0 Å². The monoisotopic (exact) mass is 437 g/mol. The van der Waals surface area contributed by atoms with E-state index in [-0.39, 0.29) is 24.8 Å². The Kier molecular flexibility index (Phi) is 5.82. The fourth-order valence-electron chi connectivity index (χ4n) is 3.92. The van der Waals surface area contributed by atoms with Crippen molar-refractivity contribution in [2.75, 3.05) is 13.2 Å². The van der Waals surface area contributed by atoms with Crippen molar-refractivity contribution in [3.63, 3.8) is 0 Å². The zero-order valence-corrected chi connectivity index (χ0v) is 17.2. The van der Waals surface area contributed by atoms with Gasteiger partial charge in [-0.25, -0.2) is 4.79 Å². The summed E-state index contributed by atoms with van der Waals surface area (Å²) in [5.41, 5.74) is 4.67. The molecule has 3 aromatic rings. The van der Waals surface area contributed by atoms with Crippen molar-refractivity contribution in [3.05, 3.63) is 88.4 Å². The molecule has 0 heterocycles. The van der Waals surface area contributed by atoms with Gasteiger partial charge in [-0.3, -0.25) is 9.69 Å². The molecule has 0 fully saturated rings. The molecular formula is C24H20ClNO5. The lowest BCUT2D eigenvalue weighted by molar-refractivity contribution is -0.138. The van der Waals surface area contributed by atoms with Crippen LogP contribution in [0, 0.1) is 0 Å². The number of carboxylic acid groups (broad SMARTS) is 1. The molecule has 7 heteroatoms. The number of hydrogen-bond donors (Lipinski definition) is 2. The molecule has 1 amide bonds. The highest BCUT2D eigenvalue weighted by Crippen LogP contribution is 2.44. The summed E-state index contributed by atoms with van der Waals surface area (Å²) in [6.07, 6.45) is -0.774. The Morgan fingerprint density at radius 3 is 2.19 bits per heavy atom. The smallest absolute Gasteiger partial charge is 0.410 e. The minimum Gasteiger partial charge on any atom is -0.508 e. The second kappa shape index (κ2) is 8.70. The van der Waals surface area contributed by atoms with Crippen molar-refractivity contribution < 1.29 is 24.5 Å². The van der Waals surface area contributed by atoms with Crippen LogP contribution in [0.3, 0.4) is 0 Å². The first kappa shape index (κ1) is 20.8. The molecule has 31 heavy (non-hydrogen) atoms. The molecule has 0 bridgehead atoms. The Morgan fingerprint density at radius 2 is 1.58 bits per heavy atom. The number of carboxylic acids is 1. The Morgan fingerprint density at radius 1 is 0.968 bits per heavy atom. The number of phenols is 1. The van der Waals surface area contributed by atoms with Crippen LogP contribution in [0.2, 0.25) is 5.02 Å². The van der Waals surface area contributed by atoms with Gasteiger partial charge >= 0.3 is 12.1 Å². The number of aliphatic carboxylic acids is 1. The predicted octanol–water partition coefficient (Wildman–Crippen LogP) is 4.88. The van der Waals surface area contributed by atoms with E-state index in [1.807, 2.05) is 48.5 Å². The average Bonchev–Trinajstić information content (AvgIpc) is 3.07. The zero-order valence-electron chi connectivity index (χ0n) is 16.5. The zero-order chi connectivity index (χ0) is 22.0. The number of amides is 1. The van der Waals surface area contributed by atoms with Crippen molar-refractivity contribution in [1.82, 2.24) is 4.90 Å². The first-order valence-corrected chi connectivity index (χ1v) is 10.1. The molecule has 3 aromatic carbocycles. The van der Waals surface area contributed by atoms with E-state index in [0.717, 1.165) is 27.2 Å². The summed E-state index contributed by atoms with van der Waals surface area (Å²) < 4.78 is 5.55. The van der Waals surface area contributed by atoms with Gasteiger partial charge in [0.15, 0.2) is 0 Å². The number of aromatic hydroxyl groups is 1. The average molecular weight is 438 g/mol. The highest BCUT2D eigenvalue weighted by atomic mass is 35.5. The fourth-order valence-corrected chi connectivity index (χ4v) is 4.11. The Hall–Kier alpha value is -3.51. The summed E-state index contributed by atoms with van der Waals surface area (Å²) in [7, 11) is 0. The van der Waals surface area contributed by atoms with E-state index in [1.54, 1.807) is 0 Å². The van der Waals surface area contributed by atoms with Crippen molar-refractivity contribution in [2.45, 2.75) is 12.5 Å². The number of phenolic OH excluding ortho intramolecular Hbond substituents is 1. The van der Waals surface area contributed by atoms with Gasteiger partial charge in [-0.05, 0) is 40.5 Å². The molecule has 1 aliphatic rings. The lowest BCUT2D eigenvalue weighted by atomic mass is 9.98. The van der Waals surface area contributed by atoms with Gasteiger partial charge in [-0.1, -0.05) is 60.1 Å². The lowest BCUT2D eigenvalue weighted by Crippen LogP contribution is -2.36. The molecule has 0 aliphatic heterocycles. The van der Waals surface area contributed by atoms with Gasteiger partial charge in [-0.15, -0.1) is 0 Å². The lowest BCUT2D eigenvalue weighted by Gasteiger charge is -2.22. The molecule has 0 radical (unpaired) electrons. The largest absolute Gasteiger partial charge is 0.508 e. The summed E-state index contributed by atoms with van der Waals surface area (Å²) in [5, 5.41) is 19.6. The first-order valence-electron chi connectivity index (χ1n) is 9.73. The van der Waals surface area contributed by atoms with E-state index in [4.69, 9.17) is 16.3 Å². The minimum atomic E-state index is -1.19. The van der Waals surface area contributed by atoms with Gasteiger partial charge in [0.2, 0.25) is 0 Å². The maximum Gasteiger partial charge on any atom is 0.410 e. The molecule has 0 saturated heterocycles. The van der Waals surface area contributed by atoms with Gasteiger partial charge < -0.3 is 14.9 Å². The number of fused-ring (bicyclic) bond motifs is 3. The molecule has 6 nitrogen and oxygen atoms in total. The molecule has 158 valence electrons. The van der Waals surface area contributed by atoms with Crippen LogP contribution in [0.4, 0.5) is 4.79 Å². The van der Waals surface area contributed by atoms with Crippen LogP contribution in [-0.2, 0) is 16.1 Å². The van der Waals surface area contributed by atoms with Gasteiger partial charge in [0.05, 0.1) is 6.54 Å². The number of carbonyl (C=O) groups is 2. The Labute approximate surface area is 184 Å². The van der Waals surface area contributed by atoms with Gasteiger partial charge in [0, 0.05) is 16.5 Å². The van der Waals surface area contributed by atoms with Gasteiger partial charge in [0.1, 0.15) is 18.9 Å². The number of halogens is 1. The van der Waals surface area contributed by atoms with Gasteiger partial charge in [0.25, 0.3) is 0 Å². The second-order valence-corrected chi connectivity index (χ2v) is 7.76. The van der Waals surface area contributed by atoms with Crippen molar-refractivity contribution >= 4 is 23.7 Å². The SMILES string of the molecule is O=C(O)CN(Cc1cc(Cl)ccc1O)C(=O)OCC1c2ccccc2-c2ccccc21. The third-order valence-electron chi connectivity index (χ3n) is 5.32. The third kappa shape index (κ3) is 4.34. The Balaban J connectivity index is 1.53. The van der Waals surface area contributed by atoms with Crippen LogP contribution in [0.15, 0.2) is 66.7 Å². The predicted molar refractivity (Wildman–Crippen MR) is 116 cm³/mol. The van der Waals surface area contributed by atoms with Crippen LogP contribution < -0.4 is 0 Å². The topological polar surface area (TPSA) is 87.1 Å². The number of benzene rings is 3. The molecule has 0 unspecified atom stereocenters. The molecule has 0 saturated carbocycles. The summed E-state index contributed by atoms with van der Waals surface area (Å²) in [6, 6.07) is 20.3. The number of hydrogen-bond acceptors (Lipinski definition) is 4. The van der Waals surface area contributed by atoms with Crippen LogP contribution in [0.5, 0.6) is 5.75 Å². The van der Waals surface area contributed by atoms with Crippen molar-refractivity contribution in [2.24, 2.45) is 0 Å². The van der Waals surface area contributed by atoms with E-state index in [1.165, 1.54) is 18.2 Å². The van der Waals surface area contributed by atoms with Gasteiger partial charge in [-0.2, -0.15) is 0 Å². The molecule has 2 N–H and O–H groups in total. The van der Waals surface area contributed by atoms with Crippen LogP contribution >= 0.6 is 11.6 Å². The molecule has 0 spiro atoms. The first-order chi connectivity index (χ1) is 14.9. The second-order valence-electron chi connectivity index (χ2n) is 7.33. The maximum atomic E-state index is 12.8. The fraction of sp³-hybridized carbons (Fsp3) is 0.167. The summed E-state index contributed by atoms with van der Waals surface area (Å²) in [6.45, 7) is -0.636. The highest BCUT2D eigenvalue weighted by Gasteiger charge is 2.30. The Bertz CT molecular complexity index is 1100. The van der Waals surface area contributed by atoms with E-state index in [2.05, 4.69) is 0 Å². The van der Waals surface area contributed by atoms with Crippen molar-refractivity contribution in [3.8, 4) is 16.9 Å². The van der Waals surface area contributed by atoms with Crippen LogP contribution in [0.25, 0.3) is 11.1 Å². The third-order valence-corrected chi connectivity index (χ3v) is 5.56. The summed E-state index contributed by atoms with van der Waals surface area (Å²) in [5.74, 6) is -1.40. The standard InChI is InChI=1S/C24H20ClNO5/c25-16-9-10-22(27)15(11-16)12-26(13-23(28)29)24(30)31-14-21-19-7-3-1-5-17(19)18-6-2-4-8-20(18)21/h1-11,21,27H,12-14H2,(H,28,29). The molecular weight excluding hydrogens is 418 g/mol. The summed E-state index contributed by atoms with van der Waals surface area (Å²) >= 11 is 5.97. The molecule has 0 aromatic heterocycles. The quantitative estimate of drug-likeness (QED) is 0.573. The maximum absolute atomic E-state index is 12.8. The molecule has 0 atom stereocenters. The number of rotatable bonds is 6. The number of nitrogens with zero attached hydrogens (tertiary/aromatic N) is 1. The number of ether oxygens (including phenoxy) is 1. The normalized spacial score (nSPS) is 12.2. The highest BCUT2D eigenvalue weighted by molar-refractivity contribution is 6.30. The van der Waals surface area contributed by atoms with Crippen LogP contribution in [0.1, 0.15) is 22.6 Å². The van der Waals surface area contributed by atoms with E-state index >= 15 is 0 Å². The summed E-state index contributed by atoms with van der Waals surface area (Å²) in [4.78, 5) is 25.1. The molecule has 4 rings (SSSR count). The van der Waals surface area contributed by atoms with E-state index in [0.29, 0.717) is 10.6 Å². The minimum absolute atomic E-state index is 0.0739. The number of carbonyl (C=O) groups excluding carboxylic acids is 1. The van der Waals surface area contributed by atoms with E-state index in [9.17, 15) is 19.8 Å². The van der Waals surface area contributed by atoms with Crippen LogP contribution in [-0.4, -0.2) is 40.3 Å². The van der Waals surface area contributed by atoms with E-state index < -0.39 is 18.6 Å². The molecule has 1 aliphatic carbocycles.